The van der Waals surface area contributed by atoms with Crippen molar-refractivity contribution in [2.75, 3.05) is 0 Å². The van der Waals surface area contributed by atoms with Crippen LogP contribution in [-0.4, -0.2) is 22.9 Å². The fourth-order valence-electron chi connectivity index (χ4n) is 1.41. The van der Waals surface area contributed by atoms with Crippen LogP contribution in [-0.2, 0) is 4.79 Å². The van der Waals surface area contributed by atoms with E-state index in [1.54, 1.807) is 6.08 Å². The SMILES string of the molecule is CCC=CC(=O)N(C(C)C)C(C)C. The monoisotopic (exact) mass is 183 g/mol. The first kappa shape index (κ1) is 12.2. The molecule has 0 aromatic rings. The molecule has 0 aliphatic rings. The number of hydrogen-bond donors (Lipinski definition) is 0. The minimum absolute atomic E-state index is 0.117. The summed E-state index contributed by atoms with van der Waals surface area (Å²) in [5.41, 5.74) is 0. The van der Waals surface area contributed by atoms with Crippen molar-refractivity contribution in [1.82, 2.24) is 4.90 Å². The third-order valence-electron chi connectivity index (χ3n) is 1.86. The number of carbonyl (C=O) groups excluding carboxylic acids is 1. The molecule has 0 aliphatic heterocycles. The number of rotatable bonds is 4. The summed E-state index contributed by atoms with van der Waals surface area (Å²) >= 11 is 0. The molecule has 0 heterocycles. The molecule has 0 rings (SSSR count). The molecular weight excluding hydrogens is 162 g/mol. The van der Waals surface area contributed by atoms with Gasteiger partial charge in [-0.3, -0.25) is 4.79 Å². The Balaban J connectivity index is 4.38. The Morgan fingerprint density at radius 2 is 1.69 bits per heavy atom. The molecule has 0 radical (unpaired) electrons. The lowest BCUT2D eigenvalue weighted by molar-refractivity contribution is -0.129. The highest BCUT2D eigenvalue weighted by molar-refractivity contribution is 5.87. The molecule has 0 atom stereocenters. The summed E-state index contributed by atoms with van der Waals surface area (Å²) in [7, 11) is 0. The van der Waals surface area contributed by atoms with Crippen LogP contribution in [0.1, 0.15) is 41.0 Å². The first-order chi connectivity index (χ1) is 6.00. The standard InChI is InChI=1S/C11H21NO/c1-6-7-8-11(13)12(9(2)3)10(4)5/h7-10H,6H2,1-5H3. The molecule has 0 bridgehead atoms. The molecule has 76 valence electrons. The second-order valence-corrected chi connectivity index (χ2v) is 3.74. The molecule has 13 heavy (non-hydrogen) atoms. The van der Waals surface area contributed by atoms with Crippen molar-refractivity contribution in [2.24, 2.45) is 0 Å². The van der Waals surface area contributed by atoms with Gasteiger partial charge in [-0.15, -0.1) is 0 Å². The van der Waals surface area contributed by atoms with Gasteiger partial charge in [-0.1, -0.05) is 13.0 Å². The predicted octanol–water partition coefficient (Wildman–Crippen LogP) is 2.60. The molecule has 0 spiro atoms. The van der Waals surface area contributed by atoms with Gasteiger partial charge in [0, 0.05) is 12.1 Å². The zero-order valence-electron chi connectivity index (χ0n) is 9.37. The van der Waals surface area contributed by atoms with Crippen LogP contribution in [0.5, 0.6) is 0 Å². The van der Waals surface area contributed by atoms with Crippen LogP contribution >= 0.6 is 0 Å². The van der Waals surface area contributed by atoms with Crippen LogP contribution in [0, 0.1) is 0 Å². The van der Waals surface area contributed by atoms with Gasteiger partial charge in [0.05, 0.1) is 0 Å². The highest BCUT2D eigenvalue weighted by Gasteiger charge is 2.16. The fourth-order valence-corrected chi connectivity index (χ4v) is 1.41. The normalized spacial score (nSPS) is 11.6. The van der Waals surface area contributed by atoms with Gasteiger partial charge in [0.15, 0.2) is 0 Å². The second kappa shape index (κ2) is 5.79. The van der Waals surface area contributed by atoms with Crippen LogP contribution in [0.15, 0.2) is 12.2 Å². The predicted molar refractivity (Wildman–Crippen MR) is 56.5 cm³/mol. The van der Waals surface area contributed by atoms with Gasteiger partial charge < -0.3 is 4.90 Å². The molecule has 0 N–H and O–H groups in total. The van der Waals surface area contributed by atoms with Gasteiger partial charge >= 0.3 is 0 Å². The average Bonchev–Trinajstić information content (AvgIpc) is 1.99. The van der Waals surface area contributed by atoms with Crippen molar-refractivity contribution in [3.63, 3.8) is 0 Å². The number of amides is 1. The van der Waals surface area contributed by atoms with Gasteiger partial charge in [0.25, 0.3) is 0 Å². The Morgan fingerprint density at radius 1 is 1.23 bits per heavy atom. The van der Waals surface area contributed by atoms with E-state index in [1.807, 2.05) is 45.6 Å². The Bertz CT molecular complexity index is 175. The lowest BCUT2D eigenvalue weighted by atomic mass is 10.2. The van der Waals surface area contributed by atoms with E-state index in [4.69, 9.17) is 0 Å². The molecule has 0 unspecified atom stereocenters. The molecule has 0 saturated carbocycles. The second-order valence-electron chi connectivity index (χ2n) is 3.74. The molecule has 2 heteroatoms. The number of allylic oxidation sites excluding steroid dienone is 1. The van der Waals surface area contributed by atoms with Crippen LogP contribution in [0.25, 0.3) is 0 Å². The maximum absolute atomic E-state index is 11.6. The largest absolute Gasteiger partial charge is 0.334 e. The molecule has 0 aliphatic carbocycles. The highest BCUT2D eigenvalue weighted by atomic mass is 16.2. The quantitative estimate of drug-likeness (QED) is 0.613. The minimum atomic E-state index is 0.117. The topological polar surface area (TPSA) is 20.3 Å². The average molecular weight is 183 g/mol. The third-order valence-corrected chi connectivity index (χ3v) is 1.86. The Hall–Kier alpha value is -0.790. The van der Waals surface area contributed by atoms with Gasteiger partial charge in [-0.2, -0.15) is 0 Å². The van der Waals surface area contributed by atoms with Gasteiger partial charge in [0.2, 0.25) is 5.91 Å². The fraction of sp³-hybridized carbons (Fsp3) is 0.727. The van der Waals surface area contributed by atoms with Crippen LogP contribution in [0.3, 0.4) is 0 Å². The van der Waals surface area contributed by atoms with E-state index in [-0.39, 0.29) is 18.0 Å². The van der Waals surface area contributed by atoms with Crippen molar-refractivity contribution in [1.29, 1.82) is 0 Å². The van der Waals surface area contributed by atoms with Crippen molar-refractivity contribution in [3.05, 3.63) is 12.2 Å². The number of nitrogens with zero attached hydrogens (tertiary/aromatic N) is 1. The van der Waals surface area contributed by atoms with E-state index in [0.29, 0.717) is 0 Å². The van der Waals surface area contributed by atoms with Crippen molar-refractivity contribution in [3.8, 4) is 0 Å². The summed E-state index contributed by atoms with van der Waals surface area (Å²) in [5.74, 6) is 0.117. The van der Waals surface area contributed by atoms with Crippen LogP contribution < -0.4 is 0 Å². The van der Waals surface area contributed by atoms with Gasteiger partial charge in [-0.05, 0) is 40.2 Å². The molecule has 0 fully saturated rings. The van der Waals surface area contributed by atoms with Crippen LogP contribution in [0.4, 0.5) is 0 Å². The first-order valence-corrected chi connectivity index (χ1v) is 4.99. The van der Waals surface area contributed by atoms with Crippen LogP contribution in [0.2, 0.25) is 0 Å². The highest BCUT2D eigenvalue weighted by Crippen LogP contribution is 2.06. The number of hydrogen-bond acceptors (Lipinski definition) is 1. The minimum Gasteiger partial charge on any atom is -0.334 e. The van der Waals surface area contributed by atoms with E-state index in [0.717, 1.165) is 6.42 Å². The molecule has 2 nitrogen and oxygen atoms in total. The zero-order valence-corrected chi connectivity index (χ0v) is 9.37. The summed E-state index contributed by atoms with van der Waals surface area (Å²) in [6.45, 7) is 10.2. The lowest BCUT2D eigenvalue weighted by Gasteiger charge is -2.29. The summed E-state index contributed by atoms with van der Waals surface area (Å²) in [6.07, 6.45) is 4.48. The van der Waals surface area contributed by atoms with Crippen molar-refractivity contribution >= 4 is 5.91 Å². The smallest absolute Gasteiger partial charge is 0.246 e. The lowest BCUT2D eigenvalue weighted by Crippen LogP contribution is -2.41. The summed E-state index contributed by atoms with van der Waals surface area (Å²) in [6, 6.07) is 0.544. The molecular formula is C11H21NO. The van der Waals surface area contributed by atoms with Crippen molar-refractivity contribution in [2.45, 2.75) is 53.1 Å². The molecule has 1 amide bonds. The molecule has 0 aromatic carbocycles. The van der Waals surface area contributed by atoms with E-state index in [9.17, 15) is 4.79 Å². The first-order valence-electron chi connectivity index (χ1n) is 4.99. The third kappa shape index (κ3) is 4.11. The van der Waals surface area contributed by atoms with Gasteiger partial charge in [-0.25, -0.2) is 0 Å². The molecule has 0 aromatic heterocycles. The van der Waals surface area contributed by atoms with Crippen molar-refractivity contribution < 1.29 is 4.79 Å². The van der Waals surface area contributed by atoms with E-state index >= 15 is 0 Å². The van der Waals surface area contributed by atoms with E-state index in [2.05, 4.69) is 0 Å². The Kier molecular flexibility index (Phi) is 5.44. The zero-order chi connectivity index (χ0) is 10.4. The van der Waals surface area contributed by atoms with E-state index < -0.39 is 0 Å². The number of carbonyl (C=O) groups is 1. The Morgan fingerprint density at radius 3 is 2.00 bits per heavy atom. The summed E-state index contributed by atoms with van der Waals surface area (Å²) < 4.78 is 0. The summed E-state index contributed by atoms with van der Waals surface area (Å²) in [5, 5.41) is 0. The summed E-state index contributed by atoms with van der Waals surface area (Å²) in [4.78, 5) is 13.5. The van der Waals surface area contributed by atoms with E-state index in [1.165, 1.54) is 0 Å². The maximum Gasteiger partial charge on any atom is 0.246 e. The Labute approximate surface area is 81.6 Å². The maximum atomic E-state index is 11.6. The molecule has 0 saturated heterocycles. The van der Waals surface area contributed by atoms with Gasteiger partial charge in [0.1, 0.15) is 0 Å².